The summed E-state index contributed by atoms with van der Waals surface area (Å²) in [5.74, 6) is -0.982. The highest BCUT2D eigenvalue weighted by Crippen LogP contribution is 2.27. The number of rotatable bonds is 5. The monoisotopic (exact) mass is 359 g/mol. The van der Waals surface area contributed by atoms with Crippen LogP contribution < -0.4 is 5.32 Å². The number of nitrogens with one attached hydrogen (secondary N) is 1. The van der Waals surface area contributed by atoms with Crippen LogP contribution in [0.5, 0.6) is 0 Å². The van der Waals surface area contributed by atoms with Crippen molar-refractivity contribution in [3.05, 3.63) is 29.8 Å². The molecule has 2 unspecified atom stereocenters. The van der Waals surface area contributed by atoms with Gasteiger partial charge in [0.05, 0.1) is 6.04 Å². The number of carbonyl (C=O) groups excluding carboxylic acids is 1. The van der Waals surface area contributed by atoms with E-state index in [9.17, 15) is 14.3 Å². The molecule has 20 heavy (non-hydrogen) atoms. The molecule has 0 bridgehead atoms. The molecule has 112 valence electrons. The summed E-state index contributed by atoms with van der Waals surface area (Å²) < 4.78 is 10.8. The first-order valence-electron chi connectivity index (χ1n) is 5.55. The van der Waals surface area contributed by atoms with Crippen LogP contribution in [-0.4, -0.2) is 33.8 Å². The van der Waals surface area contributed by atoms with Gasteiger partial charge in [-0.25, -0.2) is 4.39 Å². The molecular weight excluding hydrogens is 348 g/mol. The third kappa shape index (κ3) is 4.97. The Morgan fingerprint density at radius 3 is 2.35 bits per heavy atom. The lowest BCUT2D eigenvalue weighted by Crippen LogP contribution is -2.45. The SMILES string of the molecule is CSc1ccc(C(O)C(CF)NC(=O)C(Cl)(Cl)Cl)cc1. The van der Waals surface area contributed by atoms with E-state index in [4.69, 9.17) is 34.8 Å². The molecule has 0 aliphatic carbocycles. The number of thioether (sulfide) groups is 1. The fourth-order valence-corrected chi connectivity index (χ4v) is 2.06. The number of hydrogen-bond acceptors (Lipinski definition) is 3. The van der Waals surface area contributed by atoms with Crippen LogP contribution in [0, 0.1) is 0 Å². The second-order valence-electron chi connectivity index (χ2n) is 3.95. The second-order valence-corrected chi connectivity index (χ2v) is 7.11. The minimum Gasteiger partial charge on any atom is -0.386 e. The van der Waals surface area contributed by atoms with Crippen LogP contribution in [0.1, 0.15) is 11.7 Å². The van der Waals surface area contributed by atoms with E-state index in [1.54, 1.807) is 24.3 Å². The van der Waals surface area contributed by atoms with Crippen LogP contribution >= 0.6 is 46.6 Å². The van der Waals surface area contributed by atoms with Gasteiger partial charge in [-0.3, -0.25) is 4.79 Å². The van der Waals surface area contributed by atoms with Crippen molar-refractivity contribution in [2.45, 2.75) is 20.8 Å². The van der Waals surface area contributed by atoms with Gasteiger partial charge in [-0.15, -0.1) is 11.8 Å². The van der Waals surface area contributed by atoms with Gasteiger partial charge in [0.1, 0.15) is 12.8 Å². The summed E-state index contributed by atoms with van der Waals surface area (Å²) in [5.41, 5.74) is 0.468. The first-order chi connectivity index (χ1) is 9.29. The van der Waals surface area contributed by atoms with E-state index in [0.717, 1.165) is 4.90 Å². The summed E-state index contributed by atoms with van der Waals surface area (Å²) in [4.78, 5) is 12.5. The molecule has 0 aliphatic heterocycles. The fraction of sp³-hybridized carbons (Fsp3) is 0.417. The molecule has 0 saturated heterocycles. The molecule has 1 amide bonds. The van der Waals surface area contributed by atoms with Crippen molar-refractivity contribution in [1.82, 2.24) is 5.32 Å². The van der Waals surface area contributed by atoms with E-state index >= 15 is 0 Å². The number of amides is 1. The van der Waals surface area contributed by atoms with E-state index in [1.165, 1.54) is 11.8 Å². The average molecular weight is 361 g/mol. The molecule has 8 heteroatoms. The van der Waals surface area contributed by atoms with Gasteiger partial charge in [0, 0.05) is 4.90 Å². The zero-order chi connectivity index (χ0) is 15.3. The number of aliphatic hydroxyl groups is 1. The summed E-state index contributed by atoms with van der Waals surface area (Å²) in [5, 5.41) is 12.2. The van der Waals surface area contributed by atoms with Crippen molar-refractivity contribution in [2.75, 3.05) is 12.9 Å². The first-order valence-corrected chi connectivity index (χ1v) is 7.91. The molecule has 2 atom stereocenters. The summed E-state index contributed by atoms with van der Waals surface area (Å²) in [6, 6.07) is 5.70. The standard InChI is InChI=1S/C12H13Cl3FNO2S/c1-20-8-4-2-7(3-5-8)10(18)9(6-16)17-11(19)12(13,14)15/h2-5,9-10,18H,6H2,1H3,(H,17,19). The van der Waals surface area contributed by atoms with Crippen molar-refractivity contribution in [2.24, 2.45) is 0 Å². The van der Waals surface area contributed by atoms with Crippen LogP contribution in [0.3, 0.4) is 0 Å². The number of hydrogen-bond donors (Lipinski definition) is 2. The lowest BCUT2D eigenvalue weighted by molar-refractivity contribution is -0.122. The molecule has 0 saturated carbocycles. The van der Waals surface area contributed by atoms with Gasteiger partial charge >= 0.3 is 0 Å². The van der Waals surface area contributed by atoms with E-state index in [1.807, 2.05) is 6.26 Å². The third-order valence-corrected chi connectivity index (χ3v) is 3.84. The van der Waals surface area contributed by atoms with Crippen molar-refractivity contribution >= 4 is 52.5 Å². The van der Waals surface area contributed by atoms with E-state index in [2.05, 4.69) is 5.32 Å². The van der Waals surface area contributed by atoms with Crippen LogP contribution in [0.15, 0.2) is 29.2 Å². The first kappa shape index (κ1) is 17.9. The highest BCUT2D eigenvalue weighted by atomic mass is 35.6. The molecule has 0 spiro atoms. The Morgan fingerprint density at radius 1 is 1.40 bits per heavy atom. The summed E-state index contributed by atoms with van der Waals surface area (Å²) in [6.07, 6.45) is 0.684. The molecule has 3 nitrogen and oxygen atoms in total. The van der Waals surface area contributed by atoms with Gasteiger partial charge in [0.15, 0.2) is 0 Å². The molecule has 0 heterocycles. The quantitative estimate of drug-likeness (QED) is 0.626. The van der Waals surface area contributed by atoms with Gasteiger partial charge in [-0.05, 0) is 24.0 Å². The molecule has 1 aromatic rings. The topological polar surface area (TPSA) is 49.3 Å². The van der Waals surface area contributed by atoms with Crippen LogP contribution in [0.25, 0.3) is 0 Å². The minimum atomic E-state index is -2.20. The number of benzene rings is 1. The predicted molar refractivity (Wildman–Crippen MR) is 81.4 cm³/mol. The molecule has 0 fully saturated rings. The smallest absolute Gasteiger partial charge is 0.272 e. The van der Waals surface area contributed by atoms with Crippen molar-refractivity contribution in [3.63, 3.8) is 0 Å². The zero-order valence-corrected chi connectivity index (χ0v) is 13.5. The molecule has 0 aromatic heterocycles. The summed E-state index contributed by atoms with van der Waals surface area (Å²) in [6.45, 7) is -0.988. The number of halogens is 4. The summed E-state index contributed by atoms with van der Waals surface area (Å²) >= 11 is 17.7. The van der Waals surface area contributed by atoms with Crippen molar-refractivity contribution in [1.29, 1.82) is 0 Å². The Balaban J connectivity index is 2.80. The molecule has 0 radical (unpaired) electrons. The molecular formula is C12H13Cl3FNO2S. The third-order valence-electron chi connectivity index (χ3n) is 2.58. The maximum Gasteiger partial charge on any atom is 0.272 e. The lowest BCUT2D eigenvalue weighted by atomic mass is 10.0. The van der Waals surface area contributed by atoms with Gasteiger partial charge in [-0.2, -0.15) is 0 Å². The lowest BCUT2D eigenvalue weighted by Gasteiger charge is -2.23. The predicted octanol–water partition coefficient (Wildman–Crippen LogP) is 3.27. The highest BCUT2D eigenvalue weighted by molar-refractivity contribution is 7.98. The van der Waals surface area contributed by atoms with E-state index < -0.39 is 28.5 Å². The molecule has 1 aromatic carbocycles. The number of aliphatic hydroxyl groups excluding tert-OH is 1. The van der Waals surface area contributed by atoms with E-state index in [-0.39, 0.29) is 0 Å². The number of carbonyl (C=O) groups is 1. The van der Waals surface area contributed by atoms with Gasteiger partial charge < -0.3 is 10.4 Å². The minimum absolute atomic E-state index is 0.468. The largest absolute Gasteiger partial charge is 0.386 e. The van der Waals surface area contributed by atoms with E-state index in [0.29, 0.717) is 5.56 Å². The van der Waals surface area contributed by atoms with Crippen molar-refractivity contribution < 1.29 is 14.3 Å². The maximum absolute atomic E-state index is 13.0. The van der Waals surface area contributed by atoms with Gasteiger partial charge in [0.2, 0.25) is 0 Å². The normalized spacial score (nSPS) is 14.7. The Labute approximate surface area is 135 Å². The highest BCUT2D eigenvalue weighted by Gasteiger charge is 2.34. The summed E-state index contributed by atoms with van der Waals surface area (Å²) in [7, 11) is 0. The molecule has 1 rings (SSSR count). The zero-order valence-electron chi connectivity index (χ0n) is 10.4. The molecule has 0 aliphatic rings. The molecule has 2 N–H and O–H groups in total. The second kappa shape index (κ2) is 7.71. The van der Waals surface area contributed by atoms with Gasteiger partial charge in [0.25, 0.3) is 9.70 Å². The van der Waals surface area contributed by atoms with Crippen molar-refractivity contribution in [3.8, 4) is 0 Å². The average Bonchev–Trinajstić information content (AvgIpc) is 2.42. The Morgan fingerprint density at radius 2 is 1.95 bits per heavy atom. The van der Waals surface area contributed by atoms with Gasteiger partial charge in [-0.1, -0.05) is 46.9 Å². The van der Waals surface area contributed by atoms with Crippen LogP contribution in [0.4, 0.5) is 4.39 Å². The Kier molecular flexibility index (Phi) is 6.88. The Hall–Kier alpha value is -0.200. The van der Waals surface area contributed by atoms with Crippen LogP contribution in [-0.2, 0) is 4.79 Å². The number of alkyl halides is 4. The maximum atomic E-state index is 13.0. The Bertz CT molecular complexity index is 453. The van der Waals surface area contributed by atoms with Crippen LogP contribution in [0.2, 0.25) is 0 Å². The fourth-order valence-electron chi connectivity index (χ4n) is 1.49.